The van der Waals surface area contributed by atoms with Crippen LogP contribution in [0.25, 0.3) is 0 Å². The number of rotatable bonds is 2. The van der Waals surface area contributed by atoms with E-state index in [1.807, 2.05) is 4.90 Å². The molecule has 0 radical (unpaired) electrons. The van der Waals surface area contributed by atoms with Crippen LogP contribution in [-0.2, 0) is 17.5 Å². The highest BCUT2D eigenvalue weighted by atomic mass is 19.4. The molecule has 3 aliphatic heterocycles. The van der Waals surface area contributed by atoms with Gasteiger partial charge in [-0.2, -0.15) is 13.2 Å². The second-order valence-electron chi connectivity index (χ2n) is 6.65. The molecule has 126 valence electrons. The van der Waals surface area contributed by atoms with E-state index in [1.165, 1.54) is 12.1 Å². The molecular formula is C17H21F3N2O. The Hall–Kier alpha value is -1.56. The summed E-state index contributed by atoms with van der Waals surface area (Å²) in [6, 6.07) is 5.80. The SMILES string of the molecule is CC(=O)N1C[C@@H]2CC[C@H](C1)N(Cc1cccc(C(F)(F)F)c1)C2. The van der Waals surface area contributed by atoms with Crippen molar-refractivity contribution in [3.05, 3.63) is 35.4 Å². The first-order valence-corrected chi connectivity index (χ1v) is 7.98. The molecule has 6 heteroatoms. The summed E-state index contributed by atoms with van der Waals surface area (Å²) < 4.78 is 38.5. The molecular weight excluding hydrogens is 305 g/mol. The predicted octanol–water partition coefficient (Wildman–Crippen LogP) is 3.15. The van der Waals surface area contributed by atoms with Gasteiger partial charge < -0.3 is 4.90 Å². The van der Waals surface area contributed by atoms with E-state index in [0.717, 1.165) is 32.0 Å². The average molecular weight is 326 g/mol. The molecule has 1 amide bonds. The molecule has 3 nitrogen and oxygen atoms in total. The monoisotopic (exact) mass is 326 g/mol. The fourth-order valence-electron chi connectivity index (χ4n) is 3.71. The van der Waals surface area contributed by atoms with Gasteiger partial charge in [-0.3, -0.25) is 9.69 Å². The van der Waals surface area contributed by atoms with E-state index in [-0.39, 0.29) is 11.9 Å². The van der Waals surface area contributed by atoms with E-state index in [9.17, 15) is 18.0 Å². The van der Waals surface area contributed by atoms with Gasteiger partial charge in [-0.1, -0.05) is 18.2 Å². The molecule has 0 aromatic heterocycles. The molecule has 0 saturated carbocycles. The molecule has 0 N–H and O–H groups in total. The van der Waals surface area contributed by atoms with Crippen LogP contribution in [0.3, 0.4) is 0 Å². The Balaban J connectivity index is 1.75. The highest BCUT2D eigenvalue weighted by molar-refractivity contribution is 5.73. The molecule has 3 heterocycles. The predicted molar refractivity (Wildman–Crippen MR) is 80.6 cm³/mol. The van der Waals surface area contributed by atoms with Crippen molar-refractivity contribution in [2.45, 2.75) is 38.5 Å². The summed E-state index contributed by atoms with van der Waals surface area (Å²) in [4.78, 5) is 15.8. The van der Waals surface area contributed by atoms with E-state index >= 15 is 0 Å². The third-order valence-electron chi connectivity index (χ3n) is 4.91. The summed E-state index contributed by atoms with van der Waals surface area (Å²) in [5.74, 6) is 0.506. The molecule has 3 aliphatic rings. The van der Waals surface area contributed by atoms with Crippen molar-refractivity contribution in [1.82, 2.24) is 9.80 Å². The van der Waals surface area contributed by atoms with Crippen molar-refractivity contribution >= 4 is 5.91 Å². The van der Waals surface area contributed by atoms with Crippen LogP contribution in [0.5, 0.6) is 0 Å². The lowest BCUT2D eigenvalue weighted by Gasteiger charge is -2.36. The molecule has 2 bridgehead atoms. The van der Waals surface area contributed by atoms with Crippen LogP contribution in [0.1, 0.15) is 30.9 Å². The minimum Gasteiger partial charge on any atom is -0.341 e. The molecule has 23 heavy (non-hydrogen) atoms. The van der Waals surface area contributed by atoms with Gasteiger partial charge in [0.15, 0.2) is 0 Å². The molecule has 2 atom stereocenters. The normalized spacial score (nSPS) is 25.5. The summed E-state index contributed by atoms with van der Waals surface area (Å²) in [5, 5.41) is 0. The number of hydrogen-bond acceptors (Lipinski definition) is 2. The second-order valence-corrected chi connectivity index (χ2v) is 6.65. The number of alkyl halides is 3. The zero-order valence-corrected chi connectivity index (χ0v) is 13.1. The number of hydrogen-bond donors (Lipinski definition) is 0. The second kappa shape index (κ2) is 6.15. The van der Waals surface area contributed by atoms with Crippen molar-refractivity contribution in [2.75, 3.05) is 19.6 Å². The van der Waals surface area contributed by atoms with Gasteiger partial charge in [0.1, 0.15) is 0 Å². The average Bonchev–Trinajstić information content (AvgIpc) is 2.78. The smallest absolute Gasteiger partial charge is 0.341 e. The first-order chi connectivity index (χ1) is 10.8. The van der Waals surface area contributed by atoms with Crippen LogP contribution < -0.4 is 0 Å². The number of nitrogens with zero attached hydrogens (tertiary/aromatic N) is 2. The fourth-order valence-corrected chi connectivity index (χ4v) is 3.71. The third kappa shape index (κ3) is 3.68. The Morgan fingerprint density at radius 2 is 2.00 bits per heavy atom. The molecule has 3 saturated heterocycles. The van der Waals surface area contributed by atoms with Crippen molar-refractivity contribution in [3.63, 3.8) is 0 Å². The number of halogens is 3. The minimum atomic E-state index is -4.31. The highest BCUT2D eigenvalue weighted by Gasteiger charge is 2.36. The Labute approximate surface area is 134 Å². The molecule has 0 spiro atoms. The van der Waals surface area contributed by atoms with Gasteiger partial charge in [0, 0.05) is 39.1 Å². The van der Waals surface area contributed by atoms with Crippen LogP contribution in [0.4, 0.5) is 13.2 Å². The first kappa shape index (κ1) is 16.3. The number of carbonyl (C=O) groups is 1. The van der Waals surface area contributed by atoms with Crippen LogP contribution in [0.15, 0.2) is 24.3 Å². The quantitative estimate of drug-likeness (QED) is 0.833. The summed E-state index contributed by atoms with van der Waals surface area (Å²) in [5.41, 5.74) is 0.0853. The van der Waals surface area contributed by atoms with Gasteiger partial charge in [-0.05, 0) is 30.4 Å². The van der Waals surface area contributed by atoms with Crippen molar-refractivity contribution in [1.29, 1.82) is 0 Å². The third-order valence-corrected chi connectivity index (χ3v) is 4.91. The van der Waals surface area contributed by atoms with Crippen LogP contribution >= 0.6 is 0 Å². The molecule has 0 unspecified atom stereocenters. The van der Waals surface area contributed by atoms with E-state index in [2.05, 4.69) is 4.90 Å². The Morgan fingerprint density at radius 1 is 1.22 bits per heavy atom. The largest absolute Gasteiger partial charge is 0.416 e. The minimum absolute atomic E-state index is 0.0859. The lowest BCUT2D eigenvalue weighted by atomic mass is 9.94. The standard InChI is InChI=1S/C17H21F3N2O/c1-12(23)21-9-14-5-6-16(11-21)22(10-14)8-13-3-2-4-15(7-13)17(18,19)20/h2-4,7,14,16H,5-6,8-11H2,1H3/t14-,16+/m0/s1. The lowest BCUT2D eigenvalue weighted by Crippen LogP contribution is -2.43. The van der Waals surface area contributed by atoms with E-state index < -0.39 is 11.7 Å². The number of carbonyl (C=O) groups excluding carboxylic acids is 1. The van der Waals surface area contributed by atoms with E-state index in [0.29, 0.717) is 24.6 Å². The Morgan fingerprint density at radius 3 is 2.70 bits per heavy atom. The maximum absolute atomic E-state index is 12.8. The summed E-state index contributed by atoms with van der Waals surface area (Å²) >= 11 is 0. The van der Waals surface area contributed by atoms with Gasteiger partial charge in [-0.15, -0.1) is 0 Å². The van der Waals surface area contributed by atoms with Crippen molar-refractivity contribution in [3.8, 4) is 0 Å². The van der Waals surface area contributed by atoms with E-state index in [4.69, 9.17) is 0 Å². The fraction of sp³-hybridized carbons (Fsp3) is 0.588. The summed E-state index contributed by atoms with van der Waals surface area (Å²) in [7, 11) is 0. The van der Waals surface area contributed by atoms with Crippen molar-refractivity contribution in [2.24, 2.45) is 5.92 Å². The maximum atomic E-state index is 12.8. The first-order valence-electron chi connectivity index (χ1n) is 7.98. The van der Waals surface area contributed by atoms with Gasteiger partial charge in [-0.25, -0.2) is 0 Å². The summed E-state index contributed by atoms with van der Waals surface area (Å²) in [6.07, 6.45) is -2.21. The van der Waals surface area contributed by atoms with Crippen LogP contribution in [0.2, 0.25) is 0 Å². The number of fused-ring (bicyclic) bond motifs is 4. The van der Waals surface area contributed by atoms with Crippen molar-refractivity contribution < 1.29 is 18.0 Å². The molecule has 0 aliphatic carbocycles. The number of benzene rings is 1. The van der Waals surface area contributed by atoms with Gasteiger partial charge >= 0.3 is 6.18 Å². The zero-order chi connectivity index (χ0) is 16.6. The lowest BCUT2D eigenvalue weighted by molar-refractivity contribution is -0.137. The van der Waals surface area contributed by atoms with Gasteiger partial charge in [0.2, 0.25) is 5.91 Å². The topological polar surface area (TPSA) is 23.6 Å². The van der Waals surface area contributed by atoms with Crippen LogP contribution in [-0.4, -0.2) is 41.4 Å². The molecule has 3 fully saturated rings. The van der Waals surface area contributed by atoms with E-state index in [1.54, 1.807) is 13.0 Å². The molecule has 1 aromatic carbocycles. The van der Waals surface area contributed by atoms with Gasteiger partial charge in [0.05, 0.1) is 5.56 Å². The van der Waals surface area contributed by atoms with Crippen LogP contribution in [0, 0.1) is 5.92 Å². The Kier molecular flexibility index (Phi) is 4.36. The Bertz CT molecular complexity index is 587. The van der Waals surface area contributed by atoms with Gasteiger partial charge in [0.25, 0.3) is 0 Å². The summed E-state index contributed by atoms with van der Waals surface area (Å²) in [6.45, 7) is 4.40. The number of piperidine rings is 1. The maximum Gasteiger partial charge on any atom is 0.416 e. The zero-order valence-electron chi connectivity index (χ0n) is 13.1. The number of amides is 1. The molecule has 4 rings (SSSR count). The molecule has 1 aromatic rings. The highest BCUT2D eigenvalue weighted by Crippen LogP contribution is 2.32.